The molecule has 5 heteroatoms. The summed E-state index contributed by atoms with van der Waals surface area (Å²) in [6, 6.07) is 20.2. The number of rotatable bonds is 8. The standard InChI is InChI=1S/C21H28N4O/c1-3-22-21(24-14-17(2)19-12-8-5-9-13-19)25-16-20(26)23-15-18-10-6-4-7-11-18/h4-13,17H,3,14-16H2,1-2H3,(H,23,26)(H2,22,24,25). The van der Waals surface area contributed by atoms with Gasteiger partial charge < -0.3 is 16.0 Å². The summed E-state index contributed by atoms with van der Waals surface area (Å²) >= 11 is 0. The van der Waals surface area contributed by atoms with E-state index in [0.29, 0.717) is 18.4 Å². The van der Waals surface area contributed by atoms with Crippen molar-refractivity contribution in [2.75, 3.05) is 19.6 Å². The molecule has 5 nitrogen and oxygen atoms in total. The molecule has 138 valence electrons. The number of nitrogens with zero attached hydrogens (tertiary/aromatic N) is 1. The van der Waals surface area contributed by atoms with Crippen molar-refractivity contribution in [1.29, 1.82) is 0 Å². The van der Waals surface area contributed by atoms with E-state index in [9.17, 15) is 4.79 Å². The summed E-state index contributed by atoms with van der Waals surface area (Å²) in [4.78, 5) is 16.4. The second-order valence-electron chi connectivity index (χ2n) is 6.15. The predicted octanol–water partition coefficient (Wildman–Crippen LogP) is 2.66. The van der Waals surface area contributed by atoms with Crippen LogP contribution in [0.4, 0.5) is 0 Å². The summed E-state index contributed by atoms with van der Waals surface area (Å²) in [7, 11) is 0. The minimum absolute atomic E-state index is 0.0952. The van der Waals surface area contributed by atoms with Crippen LogP contribution in [0.1, 0.15) is 30.9 Å². The third-order valence-electron chi connectivity index (χ3n) is 4.00. The Kier molecular flexibility index (Phi) is 8.19. The maximum absolute atomic E-state index is 12.0. The van der Waals surface area contributed by atoms with E-state index in [1.165, 1.54) is 5.56 Å². The molecule has 0 heterocycles. The van der Waals surface area contributed by atoms with Crippen LogP contribution in [0, 0.1) is 0 Å². The molecule has 0 aliphatic heterocycles. The molecular formula is C21H28N4O. The molecule has 0 bridgehead atoms. The first-order valence-electron chi connectivity index (χ1n) is 9.06. The van der Waals surface area contributed by atoms with Gasteiger partial charge in [-0.05, 0) is 24.0 Å². The third kappa shape index (κ3) is 6.97. The molecule has 0 saturated carbocycles. The third-order valence-corrected chi connectivity index (χ3v) is 4.00. The zero-order valence-electron chi connectivity index (χ0n) is 15.5. The van der Waals surface area contributed by atoms with Crippen molar-refractivity contribution in [1.82, 2.24) is 16.0 Å². The molecule has 2 aromatic rings. The number of carbonyl (C=O) groups excluding carboxylic acids is 1. The molecule has 0 fully saturated rings. The van der Waals surface area contributed by atoms with E-state index >= 15 is 0 Å². The van der Waals surface area contributed by atoms with E-state index in [1.807, 2.05) is 55.5 Å². The van der Waals surface area contributed by atoms with Gasteiger partial charge in [-0.2, -0.15) is 0 Å². The average molecular weight is 352 g/mol. The first kappa shape index (κ1) is 19.5. The normalized spacial score (nSPS) is 12.3. The lowest BCUT2D eigenvalue weighted by atomic mass is 10.0. The molecular weight excluding hydrogens is 324 g/mol. The van der Waals surface area contributed by atoms with Gasteiger partial charge in [-0.25, -0.2) is 4.99 Å². The van der Waals surface area contributed by atoms with E-state index in [1.54, 1.807) is 0 Å². The van der Waals surface area contributed by atoms with Crippen LogP contribution >= 0.6 is 0 Å². The minimum Gasteiger partial charge on any atom is -0.357 e. The molecule has 0 radical (unpaired) electrons. The highest BCUT2D eigenvalue weighted by atomic mass is 16.1. The van der Waals surface area contributed by atoms with Gasteiger partial charge in [0.15, 0.2) is 5.96 Å². The van der Waals surface area contributed by atoms with Crippen LogP contribution in [-0.4, -0.2) is 31.5 Å². The fraction of sp³-hybridized carbons (Fsp3) is 0.333. The number of hydrogen-bond acceptors (Lipinski definition) is 2. The summed E-state index contributed by atoms with van der Waals surface area (Å²) in [6.07, 6.45) is 0. The molecule has 2 rings (SSSR count). The zero-order valence-corrected chi connectivity index (χ0v) is 15.5. The fourth-order valence-corrected chi connectivity index (χ4v) is 2.49. The highest BCUT2D eigenvalue weighted by molar-refractivity contribution is 5.84. The van der Waals surface area contributed by atoms with E-state index in [-0.39, 0.29) is 12.5 Å². The Hall–Kier alpha value is -2.82. The quantitative estimate of drug-likeness (QED) is 0.505. The Morgan fingerprint density at radius 1 is 0.962 bits per heavy atom. The fourth-order valence-electron chi connectivity index (χ4n) is 2.49. The van der Waals surface area contributed by atoms with Crippen molar-refractivity contribution in [3.05, 3.63) is 71.8 Å². The lowest BCUT2D eigenvalue weighted by Gasteiger charge is -2.16. The number of benzene rings is 2. The summed E-state index contributed by atoms with van der Waals surface area (Å²) in [5, 5.41) is 9.37. The minimum atomic E-state index is -0.0952. The lowest BCUT2D eigenvalue weighted by Crippen LogP contribution is -2.40. The average Bonchev–Trinajstić information content (AvgIpc) is 2.69. The Morgan fingerprint density at radius 2 is 1.62 bits per heavy atom. The predicted molar refractivity (Wildman–Crippen MR) is 107 cm³/mol. The van der Waals surface area contributed by atoms with Crippen molar-refractivity contribution in [2.45, 2.75) is 26.3 Å². The Balaban J connectivity index is 1.80. The van der Waals surface area contributed by atoms with Crippen LogP contribution < -0.4 is 16.0 Å². The molecule has 1 atom stereocenters. The van der Waals surface area contributed by atoms with E-state index in [4.69, 9.17) is 0 Å². The largest absolute Gasteiger partial charge is 0.357 e. The van der Waals surface area contributed by atoms with Crippen molar-refractivity contribution in [3.8, 4) is 0 Å². The van der Waals surface area contributed by atoms with Gasteiger partial charge >= 0.3 is 0 Å². The van der Waals surface area contributed by atoms with Crippen LogP contribution in [0.25, 0.3) is 0 Å². The van der Waals surface area contributed by atoms with Gasteiger partial charge in [0.05, 0.1) is 0 Å². The van der Waals surface area contributed by atoms with Crippen LogP contribution in [0.5, 0.6) is 0 Å². The summed E-state index contributed by atoms with van der Waals surface area (Å²) in [5.74, 6) is 0.916. The van der Waals surface area contributed by atoms with Gasteiger partial charge in [-0.1, -0.05) is 67.6 Å². The van der Waals surface area contributed by atoms with E-state index in [2.05, 4.69) is 40.0 Å². The molecule has 0 spiro atoms. The first-order valence-corrected chi connectivity index (χ1v) is 9.06. The number of hydrogen-bond donors (Lipinski definition) is 3. The molecule has 2 aromatic carbocycles. The molecule has 1 unspecified atom stereocenters. The number of guanidine groups is 1. The van der Waals surface area contributed by atoms with Gasteiger partial charge in [0.25, 0.3) is 0 Å². The first-order chi connectivity index (χ1) is 12.7. The van der Waals surface area contributed by atoms with Crippen molar-refractivity contribution in [2.24, 2.45) is 4.99 Å². The van der Waals surface area contributed by atoms with Crippen molar-refractivity contribution >= 4 is 11.9 Å². The van der Waals surface area contributed by atoms with E-state index < -0.39 is 0 Å². The van der Waals surface area contributed by atoms with Gasteiger partial charge in [0, 0.05) is 19.6 Å². The topological polar surface area (TPSA) is 65.5 Å². The Bertz CT molecular complexity index is 686. The second-order valence-corrected chi connectivity index (χ2v) is 6.15. The van der Waals surface area contributed by atoms with Crippen LogP contribution in [-0.2, 0) is 11.3 Å². The number of carbonyl (C=O) groups is 1. The van der Waals surface area contributed by atoms with Crippen LogP contribution in [0.15, 0.2) is 65.7 Å². The maximum Gasteiger partial charge on any atom is 0.242 e. The van der Waals surface area contributed by atoms with Gasteiger partial charge in [0.1, 0.15) is 6.54 Å². The number of nitrogens with one attached hydrogen (secondary N) is 3. The Morgan fingerprint density at radius 3 is 2.27 bits per heavy atom. The monoisotopic (exact) mass is 352 g/mol. The summed E-state index contributed by atoms with van der Waals surface area (Å²) < 4.78 is 0. The molecule has 0 aliphatic carbocycles. The highest BCUT2D eigenvalue weighted by Crippen LogP contribution is 2.12. The number of aliphatic imine (C=N–C) groups is 1. The Labute approximate surface area is 155 Å². The van der Waals surface area contributed by atoms with Gasteiger partial charge in [-0.3, -0.25) is 4.79 Å². The van der Waals surface area contributed by atoms with Crippen LogP contribution in [0.2, 0.25) is 0 Å². The van der Waals surface area contributed by atoms with Crippen molar-refractivity contribution in [3.63, 3.8) is 0 Å². The summed E-state index contributed by atoms with van der Waals surface area (Å²) in [6.45, 7) is 6.29. The molecule has 0 aliphatic rings. The summed E-state index contributed by atoms with van der Waals surface area (Å²) in [5.41, 5.74) is 2.35. The smallest absolute Gasteiger partial charge is 0.242 e. The number of amides is 1. The molecule has 1 amide bonds. The van der Waals surface area contributed by atoms with E-state index in [0.717, 1.165) is 18.7 Å². The van der Waals surface area contributed by atoms with Crippen LogP contribution in [0.3, 0.4) is 0 Å². The molecule has 26 heavy (non-hydrogen) atoms. The molecule has 3 N–H and O–H groups in total. The lowest BCUT2D eigenvalue weighted by molar-refractivity contribution is -0.119. The zero-order chi connectivity index (χ0) is 18.6. The molecule has 0 saturated heterocycles. The highest BCUT2D eigenvalue weighted by Gasteiger charge is 2.07. The SMILES string of the molecule is CCNC(=NCC(=O)NCc1ccccc1)NCC(C)c1ccccc1. The maximum atomic E-state index is 12.0. The second kappa shape index (κ2) is 10.9. The molecule has 0 aromatic heterocycles. The van der Waals surface area contributed by atoms with Crippen molar-refractivity contribution < 1.29 is 4.79 Å². The van der Waals surface area contributed by atoms with Gasteiger partial charge in [0.2, 0.25) is 5.91 Å². The van der Waals surface area contributed by atoms with Gasteiger partial charge in [-0.15, -0.1) is 0 Å².